The molecule has 0 bridgehead atoms. The summed E-state index contributed by atoms with van der Waals surface area (Å²) in [6.45, 7) is 0. The molecule has 1 aromatic heterocycles. The largest absolute Gasteiger partial charge is 0.355 e. The average Bonchev–Trinajstić information content (AvgIpc) is 3.12. The summed E-state index contributed by atoms with van der Waals surface area (Å²) in [5.41, 5.74) is 3.79. The van der Waals surface area contributed by atoms with Gasteiger partial charge in [0.1, 0.15) is 12.1 Å². The van der Waals surface area contributed by atoms with Gasteiger partial charge in [0.2, 0.25) is 0 Å². The van der Waals surface area contributed by atoms with Crippen molar-refractivity contribution in [2.24, 2.45) is 0 Å². The van der Waals surface area contributed by atoms with E-state index >= 15 is 0 Å². The van der Waals surface area contributed by atoms with Crippen molar-refractivity contribution in [2.45, 2.75) is 0 Å². The minimum atomic E-state index is -0.316. The maximum Gasteiger partial charge on any atom is 0.253 e. The number of benzene rings is 3. The third-order valence-corrected chi connectivity index (χ3v) is 5.82. The van der Waals surface area contributed by atoms with Gasteiger partial charge in [-0.3, -0.25) is 9.59 Å². The van der Waals surface area contributed by atoms with Crippen LogP contribution in [0.15, 0.2) is 66.7 Å². The highest BCUT2D eigenvalue weighted by Gasteiger charge is 2.20. The van der Waals surface area contributed by atoms with E-state index in [-0.39, 0.29) is 11.7 Å². The van der Waals surface area contributed by atoms with Gasteiger partial charge in [0.15, 0.2) is 0 Å². The minimum Gasteiger partial charge on any atom is -0.355 e. The van der Waals surface area contributed by atoms with E-state index < -0.39 is 0 Å². The first kappa shape index (κ1) is 18.1. The number of aldehydes is 1. The Bertz CT molecular complexity index is 1200. The van der Waals surface area contributed by atoms with Crippen LogP contribution in [0.25, 0.3) is 31.7 Å². The van der Waals surface area contributed by atoms with Crippen molar-refractivity contribution in [1.82, 2.24) is 5.32 Å². The molecule has 3 nitrogen and oxygen atoms in total. The van der Waals surface area contributed by atoms with Gasteiger partial charge in [-0.15, -0.1) is 11.3 Å². The van der Waals surface area contributed by atoms with Gasteiger partial charge in [0, 0.05) is 27.6 Å². The van der Waals surface area contributed by atoms with Gasteiger partial charge in [-0.05, 0) is 47.0 Å². The van der Waals surface area contributed by atoms with Crippen molar-refractivity contribution >= 4 is 33.6 Å². The molecule has 0 saturated carbocycles. The van der Waals surface area contributed by atoms with Crippen LogP contribution in [0.1, 0.15) is 20.7 Å². The number of carbonyl (C=O) groups excluding carboxylic acids is 2. The van der Waals surface area contributed by atoms with Crippen molar-refractivity contribution in [1.29, 1.82) is 0 Å². The number of rotatable bonds is 4. The molecule has 0 spiro atoms. The van der Waals surface area contributed by atoms with Crippen molar-refractivity contribution in [3.63, 3.8) is 0 Å². The number of hydrogen-bond acceptors (Lipinski definition) is 3. The maximum atomic E-state index is 13.3. The molecule has 4 aromatic rings. The molecular formula is C23H16FNO2S. The fourth-order valence-electron chi connectivity index (χ4n) is 3.22. The lowest BCUT2D eigenvalue weighted by Crippen LogP contribution is -2.18. The van der Waals surface area contributed by atoms with Crippen LogP contribution in [0, 0.1) is 5.82 Å². The molecule has 4 rings (SSSR count). The predicted octanol–water partition coefficient (Wildman–Crippen LogP) is 5.55. The van der Waals surface area contributed by atoms with Crippen LogP contribution in [0.3, 0.4) is 0 Å². The summed E-state index contributed by atoms with van der Waals surface area (Å²) in [6, 6.07) is 19.4. The first-order valence-corrected chi connectivity index (χ1v) is 9.52. The number of halogens is 1. The Hall–Kier alpha value is -3.31. The van der Waals surface area contributed by atoms with Crippen molar-refractivity contribution in [3.05, 3.63) is 83.7 Å². The van der Waals surface area contributed by atoms with Crippen LogP contribution in [-0.4, -0.2) is 19.2 Å². The predicted molar refractivity (Wildman–Crippen MR) is 111 cm³/mol. The molecule has 5 heteroatoms. The second kappa shape index (κ2) is 7.37. The van der Waals surface area contributed by atoms with Crippen molar-refractivity contribution in [2.75, 3.05) is 7.05 Å². The molecule has 3 aromatic carbocycles. The Morgan fingerprint density at radius 2 is 1.68 bits per heavy atom. The fourth-order valence-corrected chi connectivity index (χ4v) is 4.41. The first-order valence-electron chi connectivity index (χ1n) is 8.71. The Labute approximate surface area is 165 Å². The highest BCUT2D eigenvalue weighted by atomic mass is 32.1. The molecule has 0 fully saturated rings. The monoisotopic (exact) mass is 389 g/mol. The quantitative estimate of drug-likeness (QED) is 0.465. The lowest BCUT2D eigenvalue weighted by Gasteiger charge is -2.06. The van der Waals surface area contributed by atoms with E-state index in [1.165, 1.54) is 23.5 Å². The standard InChI is InChI=1S/C23H16FNO2S/c1-25-23(27)21-19-12-17(16-4-2-3-14(11-16)13-26)7-10-20(19)28-22(21)15-5-8-18(24)9-6-15/h2-13H,1H3,(H,25,27). The summed E-state index contributed by atoms with van der Waals surface area (Å²) in [4.78, 5) is 24.6. The lowest BCUT2D eigenvalue weighted by atomic mass is 9.99. The van der Waals surface area contributed by atoms with Crippen LogP contribution in [-0.2, 0) is 0 Å². The summed E-state index contributed by atoms with van der Waals surface area (Å²) in [5, 5.41) is 3.54. The van der Waals surface area contributed by atoms with Gasteiger partial charge < -0.3 is 5.32 Å². The Kier molecular flexibility index (Phi) is 4.75. The number of amides is 1. The SMILES string of the molecule is CNC(=O)c1c(-c2ccc(F)cc2)sc2ccc(-c3cccc(C=O)c3)cc12. The van der Waals surface area contributed by atoms with E-state index in [0.29, 0.717) is 11.1 Å². The highest BCUT2D eigenvalue weighted by Crippen LogP contribution is 2.40. The number of hydrogen-bond donors (Lipinski definition) is 1. The highest BCUT2D eigenvalue weighted by molar-refractivity contribution is 7.22. The number of thiophene rings is 1. The third kappa shape index (κ3) is 3.21. The molecule has 1 amide bonds. The molecule has 0 saturated heterocycles. The van der Waals surface area contributed by atoms with Gasteiger partial charge >= 0.3 is 0 Å². The fraction of sp³-hybridized carbons (Fsp3) is 0.0435. The van der Waals surface area contributed by atoms with Crippen LogP contribution in [0.2, 0.25) is 0 Å². The van der Waals surface area contributed by atoms with Gasteiger partial charge in [-0.25, -0.2) is 4.39 Å². The summed E-state index contributed by atoms with van der Waals surface area (Å²) in [7, 11) is 1.59. The Morgan fingerprint density at radius 1 is 0.964 bits per heavy atom. The van der Waals surface area contributed by atoms with Crippen molar-refractivity contribution < 1.29 is 14.0 Å². The van der Waals surface area contributed by atoms with Crippen LogP contribution in [0.4, 0.5) is 4.39 Å². The molecule has 28 heavy (non-hydrogen) atoms. The molecule has 1 N–H and O–H groups in total. The number of carbonyl (C=O) groups is 2. The van der Waals surface area contributed by atoms with E-state index in [1.54, 1.807) is 25.2 Å². The molecule has 1 heterocycles. The molecule has 0 aliphatic carbocycles. The third-order valence-electron chi connectivity index (χ3n) is 4.60. The van der Waals surface area contributed by atoms with Crippen LogP contribution < -0.4 is 5.32 Å². The zero-order valence-electron chi connectivity index (χ0n) is 15.0. The second-order valence-corrected chi connectivity index (χ2v) is 7.40. The Balaban J connectivity index is 1.93. The summed E-state index contributed by atoms with van der Waals surface area (Å²) >= 11 is 1.50. The van der Waals surface area contributed by atoms with Crippen LogP contribution in [0.5, 0.6) is 0 Å². The molecule has 0 atom stereocenters. The molecule has 0 aliphatic rings. The van der Waals surface area contributed by atoms with Gasteiger partial charge in [-0.2, -0.15) is 0 Å². The van der Waals surface area contributed by atoms with Gasteiger partial charge in [-0.1, -0.05) is 36.4 Å². The van der Waals surface area contributed by atoms with E-state index in [9.17, 15) is 14.0 Å². The van der Waals surface area contributed by atoms with Crippen LogP contribution >= 0.6 is 11.3 Å². The van der Waals surface area contributed by atoms with E-state index in [4.69, 9.17) is 0 Å². The maximum absolute atomic E-state index is 13.3. The average molecular weight is 389 g/mol. The summed E-state index contributed by atoms with van der Waals surface area (Å²) in [5.74, 6) is -0.506. The zero-order chi connectivity index (χ0) is 19.7. The smallest absolute Gasteiger partial charge is 0.253 e. The van der Waals surface area contributed by atoms with Gasteiger partial charge in [0.25, 0.3) is 5.91 Å². The number of nitrogens with one attached hydrogen (secondary N) is 1. The summed E-state index contributed by atoms with van der Waals surface area (Å²) in [6.07, 6.45) is 0.815. The summed E-state index contributed by atoms with van der Waals surface area (Å²) < 4.78 is 14.3. The normalized spacial score (nSPS) is 10.8. The molecule has 0 aliphatic heterocycles. The minimum absolute atomic E-state index is 0.190. The van der Waals surface area contributed by atoms with Gasteiger partial charge in [0.05, 0.1) is 5.56 Å². The zero-order valence-corrected chi connectivity index (χ0v) is 15.8. The Morgan fingerprint density at radius 3 is 2.39 bits per heavy atom. The molecular weight excluding hydrogens is 373 g/mol. The molecule has 0 unspecified atom stereocenters. The lowest BCUT2D eigenvalue weighted by molar-refractivity contribution is 0.0965. The second-order valence-electron chi connectivity index (χ2n) is 6.35. The van der Waals surface area contributed by atoms with Crippen molar-refractivity contribution in [3.8, 4) is 21.6 Å². The molecule has 138 valence electrons. The topological polar surface area (TPSA) is 46.2 Å². The number of fused-ring (bicyclic) bond motifs is 1. The van der Waals surface area contributed by atoms with E-state index in [1.807, 2.05) is 36.4 Å². The molecule has 0 radical (unpaired) electrons. The van der Waals surface area contributed by atoms with E-state index in [0.717, 1.165) is 37.9 Å². The first-order chi connectivity index (χ1) is 13.6. The van der Waals surface area contributed by atoms with E-state index in [2.05, 4.69) is 5.32 Å².